The number of likely N-dealkylation sites (N-methyl/N-ethyl adjacent to an activating group) is 1. The smallest absolute Gasteiger partial charge is 0.373 e. The largest absolute Gasteiger partial charge is 0.475 e. The van der Waals surface area contributed by atoms with Crippen LogP contribution in [0.1, 0.15) is 39.7 Å². The molecule has 1 amide bonds. The lowest BCUT2D eigenvalue weighted by molar-refractivity contribution is -0.120. The molecule has 0 saturated heterocycles. The second-order valence-corrected chi connectivity index (χ2v) is 7.43. The Kier molecular flexibility index (Phi) is 5.32. The molecular weight excluding hydrogens is 386 g/mol. The first-order chi connectivity index (χ1) is 14.4. The molecule has 1 aromatic carbocycles. The predicted molar refractivity (Wildman–Crippen MR) is 108 cm³/mol. The summed E-state index contributed by atoms with van der Waals surface area (Å²) in [4.78, 5) is 28.2. The van der Waals surface area contributed by atoms with Crippen LogP contribution in [0.25, 0.3) is 0 Å². The molecule has 0 fully saturated rings. The molecule has 30 heavy (non-hydrogen) atoms. The van der Waals surface area contributed by atoms with Crippen molar-refractivity contribution in [1.29, 1.82) is 0 Å². The minimum atomic E-state index is -1.14. The van der Waals surface area contributed by atoms with Crippen molar-refractivity contribution in [2.75, 3.05) is 11.9 Å². The third-order valence-corrected chi connectivity index (χ3v) is 5.19. The monoisotopic (exact) mass is 409 g/mol. The average Bonchev–Trinajstić information content (AvgIpc) is 3.31. The van der Waals surface area contributed by atoms with E-state index in [2.05, 4.69) is 25.6 Å². The zero-order chi connectivity index (χ0) is 21.3. The number of carbonyl (C=O) groups is 2. The minimum absolute atomic E-state index is 0.0285. The van der Waals surface area contributed by atoms with Crippen molar-refractivity contribution in [1.82, 2.24) is 30.3 Å². The van der Waals surface area contributed by atoms with Crippen LogP contribution in [0.4, 0.5) is 5.69 Å². The first-order valence-electron chi connectivity index (χ1n) is 9.67. The Bertz CT molecular complexity index is 1090. The quantitative estimate of drug-likeness (QED) is 0.551. The van der Waals surface area contributed by atoms with Crippen LogP contribution in [0.15, 0.2) is 30.5 Å². The number of carbonyl (C=O) groups excluding carboxylic acids is 1. The van der Waals surface area contributed by atoms with Crippen molar-refractivity contribution in [2.24, 2.45) is 7.05 Å². The fourth-order valence-corrected chi connectivity index (χ4v) is 3.68. The number of nitrogens with one attached hydrogen (secondary N) is 2. The lowest BCUT2D eigenvalue weighted by Crippen LogP contribution is -2.44. The Balaban J connectivity index is 1.40. The first kappa shape index (κ1) is 19.8. The van der Waals surface area contributed by atoms with E-state index in [1.807, 2.05) is 37.5 Å². The molecule has 1 atom stereocenters. The number of carboxylic acid groups (broad SMARTS) is 1. The minimum Gasteiger partial charge on any atom is -0.475 e. The van der Waals surface area contributed by atoms with Crippen LogP contribution in [0, 0.1) is 0 Å². The molecule has 0 aliphatic carbocycles. The van der Waals surface area contributed by atoms with Crippen LogP contribution in [-0.4, -0.2) is 55.0 Å². The van der Waals surface area contributed by atoms with Crippen LogP contribution in [0.3, 0.4) is 0 Å². The van der Waals surface area contributed by atoms with Crippen LogP contribution < -0.4 is 10.2 Å². The van der Waals surface area contributed by atoms with Crippen LogP contribution in [0.5, 0.6) is 0 Å². The lowest BCUT2D eigenvalue weighted by Gasteiger charge is -2.21. The number of hydrogen-bond donors (Lipinski definition) is 3. The summed E-state index contributed by atoms with van der Waals surface area (Å²) in [7, 11) is 3.64. The predicted octanol–water partition coefficient (Wildman–Crippen LogP) is 0.895. The van der Waals surface area contributed by atoms with Crippen LogP contribution in [0.2, 0.25) is 0 Å². The first-order valence-corrected chi connectivity index (χ1v) is 9.67. The van der Waals surface area contributed by atoms with Crippen molar-refractivity contribution in [2.45, 2.75) is 31.8 Å². The number of hydrogen-bond acceptors (Lipinski definition) is 6. The van der Waals surface area contributed by atoms with E-state index in [0.29, 0.717) is 25.2 Å². The molecule has 3 N–H and O–H groups in total. The van der Waals surface area contributed by atoms with E-state index >= 15 is 0 Å². The van der Waals surface area contributed by atoms with E-state index in [1.54, 1.807) is 16.6 Å². The number of aromatic nitrogens is 5. The highest BCUT2D eigenvalue weighted by atomic mass is 16.4. The summed E-state index contributed by atoms with van der Waals surface area (Å²) in [6, 6.07) is 7.59. The zero-order valence-electron chi connectivity index (χ0n) is 16.8. The fraction of sp³-hybridized carbons (Fsp3) is 0.350. The SMILES string of the molecule is CN1C(=O)C(NCc2cccc(Cc3nnc(C(=O)O)[nH]3)c2)CCc2nn(C)cc21. The van der Waals surface area contributed by atoms with E-state index in [9.17, 15) is 9.59 Å². The van der Waals surface area contributed by atoms with E-state index in [-0.39, 0.29) is 17.8 Å². The molecular formula is C20H23N7O3. The third-order valence-electron chi connectivity index (χ3n) is 5.19. The number of rotatable bonds is 6. The number of H-pyrrole nitrogens is 1. The second-order valence-electron chi connectivity index (χ2n) is 7.43. The number of nitrogens with zero attached hydrogens (tertiary/aromatic N) is 5. The van der Waals surface area contributed by atoms with Gasteiger partial charge in [0.2, 0.25) is 11.7 Å². The van der Waals surface area contributed by atoms with Gasteiger partial charge in [-0.2, -0.15) is 5.10 Å². The van der Waals surface area contributed by atoms with Crippen molar-refractivity contribution < 1.29 is 14.7 Å². The van der Waals surface area contributed by atoms with Gasteiger partial charge in [0.1, 0.15) is 5.82 Å². The second kappa shape index (κ2) is 8.07. The molecule has 3 heterocycles. The number of amides is 1. The van der Waals surface area contributed by atoms with E-state index in [1.165, 1.54) is 0 Å². The highest BCUT2D eigenvalue weighted by Gasteiger charge is 2.29. The number of fused-ring (bicyclic) bond motifs is 1. The molecule has 0 saturated carbocycles. The highest BCUT2D eigenvalue weighted by molar-refractivity contribution is 5.97. The number of anilines is 1. The van der Waals surface area contributed by atoms with Gasteiger partial charge in [0.15, 0.2) is 0 Å². The summed E-state index contributed by atoms with van der Waals surface area (Å²) in [6.07, 6.45) is 3.74. The van der Waals surface area contributed by atoms with Crippen molar-refractivity contribution in [3.8, 4) is 0 Å². The molecule has 10 heteroatoms. The highest BCUT2D eigenvalue weighted by Crippen LogP contribution is 2.24. The molecule has 4 rings (SSSR count). The van der Waals surface area contributed by atoms with Gasteiger partial charge in [-0.15, -0.1) is 10.2 Å². The maximum absolute atomic E-state index is 12.9. The molecule has 3 aromatic rings. The number of aromatic carboxylic acids is 1. The summed E-state index contributed by atoms with van der Waals surface area (Å²) in [5.74, 6) is -0.791. The number of aromatic amines is 1. The van der Waals surface area contributed by atoms with Crippen LogP contribution in [-0.2, 0) is 31.2 Å². The normalized spacial score (nSPS) is 16.4. The van der Waals surface area contributed by atoms with Gasteiger partial charge < -0.3 is 20.3 Å². The summed E-state index contributed by atoms with van der Waals surface area (Å²) in [5, 5.41) is 24.2. The summed E-state index contributed by atoms with van der Waals surface area (Å²) < 4.78 is 1.74. The molecule has 1 unspecified atom stereocenters. The molecule has 0 spiro atoms. The molecule has 156 valence electrons. The zero-order valence-corrected chi connectivity index (χ0v) is 16.8. The van der Waals surface area contributed by atoms with Gasteiger partial charge >= 0.3 is 5.97 Å². The third kappa shape index (κ3) is 4.08. The standard InChI is InChI=1S/C20H23N7O3/c1-26-11-16-14(25-26)6-7-15(19(28)27(16)2)21-10-13-5-3-4-12(8-13)9-17-22-18(20(29)30)24-23-17/h3-5,8,11,15,21H,6-7,9-10H2,1-2H3,(H,29,30)(H,22,23,24). The van der Waals surface area contributed by atoms with Gasteiger partial charge in [-0.1, -0.05) is 24.3 Å². The number of carboxylic acids is 1. The Morgan fingerprint density at radius 1 is 1.30 bits per heavy atom. The van der Waals surface area contributed by atoms with E-state index < -0.39 is 5.97 Å². The topological polar surface area (TPSA) is 129 Å². The van der Waals surface area contributed by atoms with Gasteiger partial charge in [-0.3, -0.25) is 9.48 Å². The van der Waals surface area contributed by atoms with E-state index in [0.717, 1.165) is 28.9 Å². The summed E-state index contributed by atoms with van der Waals surface area (Å²) in [5.41, 5.74) is 3.81. The van der Waals surface area contributed by atoms with Gasteiger partial charge in [-0.05, 0) is 24.0 Å². The Morgan fingerprint density at radius 3 is 2.87 bits per heavy atom. The number of aryl methyl sites for hydroxylation is 2. The van der Waals surface area contributed by atoms with Crippen molar-refractivity contribution in [3.63, 3.8) is 0 Å². The maximum atomic E-state index is 12.9. The molecule has 0 radical (unpaired) electrons. The van der Waals surface area contributed by atoms with Crippen molar-refractivity contribution in [3.05, 3.63) is 58.9 Å². The summed E-state index contributed by atoms with van der Waals surface area (Å²) >= 11 is 0. The van der Waals surface area contributed by atoms with Gasteiger partial charge in [0, 0.05) is 33.3 Å². The molecule has 1 aliphatic rings. The van der Waals surface area contributed by atoms with Gasteiger partial charge in [-0.25, -0.2) is 4.79 Å². The number of benzene rings is 1. The molecule has 1 aliphatic heterocycles. The Hall–Kier alpha value is -3.53. The van der Waals surface area contributed by atoms with E-state index in [4.69, 9.17) is 5.11 Å². The molecule has 0 bridgehead atoms. The molecule has 2 aromatic heterocycles. The summed E-state index contributed by atoms with van der Waals surface area (Å²) in [6.45, 7) is 0.542. The lowest BCUT2D eigenvalue weighted by atomic mass is 10.1. The Morgan fingerprint density at radius 2 is 2.10 bits per heavy atom. The molecule has 10 nitrogen and oxygen atoms in total. The van der Waals surface area contributed by atoms with Crippen LogP contribution >= 0.6 is 0 Å². The fourth-order valence-electron chi connectivity index (χ4n) is 3.68. The van der Waals surface area contributed by atoms with Gasteiger partial charge in [0.25, 0.3) is 0 Å². The Labute approximate surface area is 172 Å². The maximum Gasteiger partial charge on any atom is 0.373 e. The van der Waals surface area contributed by atoms with Gasteiger partial charge in [0.05, 0.1) is 17.4 Å². The van der Waals surface area contributed by atoms with Crippen molar-refractivity contribution >= 4 is 17.6 Å². The average molecular weight is 409 g/mol.